The molecule has 1 aliphatic heterocycles. The number of carbonyl (C=O) groups excluding carboxylic acids is 3. The first-order chi connectivity index (χ1) is 14.5. The zero-order valence-electron chi connectivity index (χ0n) is 16.7. The number of benzene rings is 1. The van der Waals surface area contributed by atoms with Gasteiger partial charge < -0.3 is 5.32 Å². The topological polar surface area (TPSA) is 66.5 Å². The third-order valence-corrected chi connectivity index (χ3v) is 8.59. The Labute approximate surface area is 180 Å². The number of rotatable bonds is 3. The van der Waals surface area contributed by atoms with Crippen molar-refractivity contribution < 1.29 is 14.4 Å². The molecule has 3 saturated carbocycles. The smallest absolute Gasteiger partial charge is 0.233 e. The molecule has 0 spiro atoms. The fraction of sp³-hybridized carbons (Fsp3) is 0.542. The molecule has 4 fully saturated rings. The minimum absolute atomic E-state index is 0.0309. The number of anilines is 1. The van der Waals surface area contributed by atoms with Gasteiger partial charge in [-0.05, 0) is 67.9 Å². The summed E-state index contributed by atoms with van der Waals surface area (Å²) in [6.45, 7) is 0. The Morgan fingerprint density at radius 1 is 0.933 bits per heavy atom. The Kier molecular flexibility index (Phi) is 4.14. The van der Waals surface area contributed by atoms with Gasteiger partial charge in [0.2, 0.25) is 17.7 Å². The second-order valence-electron chi connectivity index (χ2n) is 9.68. The average Bonchev–Trinajstić information content (AvgIpc) is 3.53. The lowest BCUT2D eigenvalue weighted by Gasteiger charge is -2.37. The largest absolute Gasteiger partial charge is 0.325 e. The molecule has 1 aromatic carbocycles. The van der Waals surface area contributed by atoms with Crippen LogP contribution in [0.2, 0.25) is 5.02 Å². The number of halogens is 1. The molecule has 156 valence electrons. The first-order valence-corrected chi connectivity index (χ1v) is 11.5. The van der Waals surface area contributed by atoms with E-state index >= 15 is 0 Å². The van der Waals surface area contributed by atoms with Crippen molar-refractivity contribution in [1.29, 1.82) is 0 Å². The van der Waals surface area contributed by atoms with Crippen molar-refractivity contribution in [2.24, 2.45) is 41.4 Å². The lowest BCUT2D eigenvalue weighted by Crippen LogP contribution is -2.44. The molecule has 30 heavy (non-hydrogen) atoms. The lowest BCUT2D eigenvalue weighted by molar-refractivity contribution is -0.144. The predicted molar refractivity (Wildman–Crippen MR) is 112 cm³/mol. The van der Waals surface area contributed by atoms with Gasteiger partial charge in [-0.2, -0.15) is 0 Å². The van der Waals surface area contributed by atoms with Crippen LogP contribution >= 0.6 is 11.6 Å². The highest BCUT2D eigenvalue weighted by atomic mass is 35.5. The number of nitrogens with one attached hydrogen (secondary N) is 1. The standard InChI is InChI=1S/C24H25ClN2O3/c25-18-3-1-2-4-19(18)26-22(28)12-5-7-13(8-6-12)27-23(29)20-14-9-10-15(17-11-16(14)17)21(20)24(27)30/h1-4,9-10,12-17,20-21H,5-8,11H2,(H,26,28)/t12?,13?,14-,15+,16-,17-,20+,21+/m1/s1. The average molecular weight is 425 g/mol. The van der Waals surface area contributed by atoms with Gasteiger partial charge in [-0.3, -0.25) is 19.3 Å². The second-order valence-corrected chi connectivity index (χ2v) is 10.1. The summed E-state index contributed by atoms with van der Waals surface area (Å²) >= 11 is 6.15. The molecule has 1 heterocycles. The number of hydrogen-bond acceptors (Lipinski definition) is 3. The molecule has 5 aliphatic carbocycles. The van der Waals surface area contributed by atoms with Gasteiger partial charge in [-0.25, -0.2) is 0 Å². The molecule has 0 unspecified atom stereocenters. The van der Waals surface area contributed by atoms with E-state index in [4.69, 9.17) is 11.6 Å². The van der Waals surface area contributed by atoms with E-state index < -0.39 is 0 Å². The van der Waals surface area contributed by atoms with Crippen molar-refractivity contribution in [3.05, 3.63) is 41.4 Å². The van der Waals surface area contributed by atoms with E-state index in [-0.39, 0.29) is 53.4 Å². The molecule has 0 aromatic heterocycles. The number of nitrogens with zero attached hydrogens (tertiary/aromatic N) is 1. The lowest BCUT2D eigenvalue weighted by atomic mass is 9.63. The minimum Gasteiger partial charge on any atom is -0.325 e. The Hall–Kier alpha value is -2.14. The van der Waals surface area contributed by atoms with E-state index in [0.29, 0.717) is 48.2 Å². The number of imide groups is 1. The van der Waals surface area contributed by atoms with Gasteiger partial charge >= 0.3 is 0 Å². The van der Waals surface area contributed by atoms with Gasteiger partial charge in [0.25, 0.3) is 0 Å². The highest BCUT2D eigenvalue weighted by molar-refractivity contribution is 6.33. The molecule has 3 amide bonds. The SMILES string of the molecule is O=C(Nc1ccccc1Cl)C1CCC(N2C(=O)[C@H]3[C@@H]4C=C[C@@H]([C@H]5C[C@H]45)[C@@H]3C2=O)CC1. The van der Waals surface area contributed by atoms with Crippen LogP contribution in [0.25, 0.3) is 0 Å². The van der Waals surface area contributed by atoms with E-state index in [9.17, 15) is 14.4 Å². The van der Waals surface area contributed by atoms with E-state index in [1.54, 1.807) is 17.0 Å². The fourth-order valence-electron chi connectivity index (χ4n) is 6.73. The van der Waals surface area contributed by atoms with Crippen molar-refractivity contribution in [3.63, 3.8) is 0 Å². The Morgan fingerprint density at radius 2 is 1.53 bits per heavy atom. The van der Waals surface area contributed by atoms with Gasteiger partial charge in [0.15, 0.2) is 0 Å². The second kappa shape index (κ2) is 6.68. The van der Waals surface area contributed by atoms with Crippen LogP contribution in [-0.4, -0.2) is 28.7 Å². The van der Waals surface area contributed by atoms with Gasteiger partial charge in [0, 0.05) is 12.0 Å². The molecule has 5 nitrogen and oxygen atoms in total. The number of amides is 3. The molecule has 6 atom stereocenters. The van der Waals surface area contributed by atoms with Crippen LogP contribution in [0.3, 0.4) is 0 Å². The van der Waals surface area contributed by atoms with Gasteiger partial charge in [-0.1, -0.05) is 35.9 Å². The molecule has 6 aliphatic rings. The summed E-state index contributed by atoms with van der Waals surface area (Å²) < 4.78 is 0. The maximum atomic E-state index is 13.3. The zero-order chi connectivity index (χ0) is 20.6. The summed E-state index contributed by atoms with van der Waals surface area (Å²) in [5, 5.41) is 3.45. The van der Waals surface area contributed by atoms with Gasteiger partial charge in [0.05, 0.1) is 22.5 Å². The van der Waals surface area contributed by atoms with Crippen LogP contribution in [0.4, 0.5) is 5.69 Å². The minimum atomic E-state index is -0.127. The van der Waals surface area contributed by atoms with Crippen LogP contribution < -0.4 is 5.32 Å². The molecule has 7 rings (SSSR count). The van der Waals surface area contributed by atoms with Crippen molar-refractivity contribution in [2.75, 3.05) is 5.32 Å². The van der Waals surface area contributed by atoms with Crippen LogP contribution in [0.1, 0.15) is 32.1 Å². The number of para-hydroxylation sites is 1. The van der Waals surface area contributed by atoms with Crippen LogP contribution in [-0.2, 0) is 14.4 Å². The summed E-state index contributed by atoms with van der Waals surface area (Å²) in [6, 6.07) is 7.16. The molecule has 6 heteroatoms. The summed E-state index contributed by atoms with van der Waals surface area (Å²) in [6.07, 6.45) is 8.38. The van der Waals surface area contributed by atoms with Crippen molar-refractivity contribution >= 4 is 35.0 Å². The molecule has 2 bridgehead atoms. The van der Waals surface area contributed by atoms with Crippen molar-refractivity contribution in [3.8, 4) is 0 Å². The van der Waals surface area contributed by atoms with Crippen molar-refractivity contribution in [2.45, 2.75) is 38.1 Å². The number of hydrogen-bond donors (Lipinski definition) is 1. The molecule has 1 N–H and O–H groups in total. The van der Waals surface area contributed by atoms with E-state index in [1.165, 1.54) is 6.42 Å². The highest BCUT2D eigenvalue weighted by Gasteiger charge is 2.67. The molecular formula is C24H25ClN2O3. The van der Waals surface area contributed by atoms with Crippen LogP contribution in [0.5, 0.6) is 0 Å². The van der Waals surface area contributed by atoms with Gasteiger partial charge in [-0.15, -0.1) is 0 Å². The van der Waals surface area contributed by atoms with E-state index in [0.717, 1.165) is 0 Å². The summed E-state index contributed by atoms with van der Waals surface area (Å²) in [4.78, 5) is 40.8. The predicted octanol–water partition coefficient (Wildman–Crippen LogP) is 3.89. The monoisotopic (exact) mass is 424 g/mol. The third kappa shape index (κ3) is 2.64. The highest BCUT2D eigenvalue weighted by Crippen LogP contribution is 2.65. The number of allylic oxidation sites excluding steroid dienone is 2. The number of carbonyl (C=O) groups is 3. The van der Waals surface area contributed by atoms with E-state index in [2.05, 4.69) is 17.5 Å². The third-order valence-electron chi connectivity index (χ3n) is 8.26. The molecule has 1 aromatic rings. The Bertz CT molecular complexity index is 931. The fourth-order valence-corrected chi connectivity index (χ4v) is 6.92. The first kappa shape index (κ1) is 18.6. The number of likely N-dealkylation sites (tertiary alicyclic amines) is 1. The summed E-state index contributed by atoms with van der Waals surface area (Å²) in [5.41, 5.74) is 0.627. The van der Waals surface area contributed by atoms with Crippen LogP contribution in [0.15, 0.2) is 36.4 Å². The Balaban J connectivity index is 1.12. The first-order valence-electron chi connectivity index (χ1n) is 11.1. The van der Waals surface area contributed by atoms with Crippen molar-refractivity contribution in [1.82, 2.24) is 4.90 Å². The quantitative estimate of drug-likeness (QED) is 0.591. The summed E-state index contributed by atoms with van der Waals surface area (Å²) in [5.74, 6) is 1.50. The normalized spacial score (nSPS) is 40.9. The molecular weight excluding hydrogens is 400 g/mol. The summed E-state index contributed by atoms with van der Waals surface area (Å²) in [7, 11) is 0. The van der Waals surface area contributed by atoms with Crippen LogP contribution in [0, 0.1) is 41.4 Å². The van der Waals surface area contributed by atoms with Gasteiger partial charge in [0.1, 0.15) is 0 Å². The maximum absolute atomic E-state index is 13.3. The molecule has 0 radical (unpaired) electrons. The zero-order valence-corrected chi connectivity index (χ0v) is 17.4. The Morgan fingerprint density at radius 3 is 2.13 bits per heavy atom. The van der Waals surface area contributed by atoms with E-state index in [1.807, 2.05) is 12.1 Å². The maximum Gasteiger partial charge on any atom is 0.233 e. The molecule has 1 saturated heterocycles.